The van der Waals surface area contributed by atoms with E-state index in [1.807, 2.05) is 24.4 Å². The monoisotopic (exact) mass is 204 g/mol. The summed E-state index contributed by atoms with van der Waals surface area (Å²) in [6.07, 6.45) is 1.82. The van der Waals surface area contributed by atoms with Crippen LogP contribution in [0.1, 0.15) is 12.5 Å². The second-order valence-corrected chi connectivity index (χ2v) is 3.30. The summed E-state index contributed by atoms with van der Waals surface area (Å²) in [6.45, 7) is 1.75. The Bertz CT molecular complexity index is 514. The van der Waals surface area contributed by atoms with E-state index in [4.69, 9.17) is 9.94 Å². The summed E-state index contributed by atoms with van der Waals surface area (Å²) in [5, 5.41) is 12.9. The van der Waals surface area contributed by atoms with Crippen molar-refractivity contribution < 1.29 is 9.94 Å². The molecule has 2 N–H and O–H groups in total. The Balaban J connectivity index is 2.66. The minimum Gasteiger partial charge on any atom is -0.497 e. The zero-order valence-corrected chi connectivity index (χ0v) is 8.61. The molecular weight excluding hydrogens is 192 g/mol. The van der Waals surface area contributed by atoms with Gasteiger partial charge >= 0.3 is 0 Å². The average molecular weight is 204 g/mol. The Hall–Kier alpha value is -1.97. The third kappa shape index (κ3) is 1.54. The molecule has 0 amide bonds. The SMILES string of the molecule is COc1ccc2[nH]cc(C(C)=NO)c2c1. The van der Waals surface area contributed by atoms with E-state index in [1.54, 1.807) is 14.0 Å². The van der Waals surface area contributed by atoms with Gasteiger partial charge in [-0.3, -0.25) is 0 Å². The van der Waals surface area contributed by atoms with Crippen LogP contribution in [0.15, 0.2) is 29.6 Å². The molecule has 1 aromatic carbocycles. The van der Waals surface area contributed by atoms with Gasteiger partial charge in [0, 0.05) is 22.7 Å². The molecule has 0 saturated heterocycles. The van der Waals surface area contributed by atoms with E-state index in [2.05, 4.69) is 10.1 Å². The molecule has 1 aromatic heterocycles. The molecule has 0 unspecified atom stereocenters. The van der Waals surface area contributed by atoms with Crippen LogP contribution in [0, 0.1) is 0 Å². The lowest BCUT2D eigenvalue weighted by Gasteiger charge is -2.00. The maximum atomic E-state index is 8.74. The molecule has 0 bridgehead atoms. The van der Waals surface area contributed by atoms with E-state index in [0.29, 0.717) is 5.71 Å². The fourth-order valence-corrected chi connectivity index (χ4v) is 1.58. The van der Waals surface area contributed by atoms with Crippen LogP contribution in [0.25, 0.3) is 10.9 Å². The average Bonchev–Trinajstić information content (AvgIpc) is 2.70. The van der Waals surface area contributed by atoms with Crippen LogP contribution in [0.3, 0.4) is 0 Å². The zero-order valence-electron chi connectivity index (χ0n) is 8.61. The lowest BCUT2D eigenvalue weighted by atomic mass is 10.1. The molecule has 0 atom stereocenters. The Morgan fingerprint density at radius 2 is 2.27 bits per heavy atom. The largest absolute Gasteiger partial charge is 0.497 e. The first-order valence-electron chi connectivity index (χ1n) is 4.60. The summed E-state index contributed by atoms with van der Waals surface area (Å²) in [7, 11) is 1.63. The molecule has 0 saturated carbocycles. The summed E-state index contributed by atoms with van der Waals surface area (Å²) in [5.74, 6) is 0.786. The number of nitrogens with zero attached hydrogens (tertiary/aromatic N) is 1. The summed E-state index contributed by atoms with van der Waals surface area (Å²) in [5.41, 5.74) is 2.45. The molecule has 0 aliphatic carbocycles. The highest BCUT2D eigenvalue weighted by molar-refractivity contribution is 6.09. The van der Waals surface area contributed by atoms with Crippen LogP contribution < -0.4 is 4.74 Å². The van der Waals surface area contributed by atoms with Gasteiger partial charge < -0.3 is 14.9 Å². The Labute approximate surface area is 87.2 Å². The number of oxime groups is 1. The predicted molar refractivity (Wildman–Crippen MR) is 58.8 cm³/mol. The summed E-state index contributed by atoms with van der Waals surface area (Å²) in [4.78, 5) is 3.11. The second-order valence-electron chi connectivity index (χ2n) is 3.30. The van der Waals surface area contributed by atoms with Crippen molar-refractivity contribution in [1.82, 2.24) is 4.98 Å². The highest BCUT2D eigenvalue weighted by Gasteiger charge is 2.07. The van der Waals surface area contributed by atoms with Crippen LogP contribution in [0.2, 0.25) is 0 Å². The fourth-order valence-electron chi connectivity index (χ4n) is 1.58. The van der Waals surface area contributed by atoms with E-state index >= 15 is 0 Å². The Morgan fingerprint density at radius 3 is 2.93 bits per heavy atom. The van der Waals surface area contributed by atoms with Gasteiger partial charge in [0.1, 0.15) is 5.75 Å². The number of ether oxygens (including phenoxy) is 1. The predicted octanol–water partition coefficient (Wildman–Crippen LogP) is 2.37. The van der Waals surface area contributed by atoms with Crippen molar-refractivity contribution in [2.75, 3.05) is 7.11 Å². The van der Waals surface area contributed by atoms with Crippen molar-refractivity contribution in [3.63, 3.8) is 0 Å². The lowest BCUT2D eigenvalue weighted by Crippen LogP contribution is -1.92. The molecule has 0 fully saturated rings. The molecule has 0 aliphatic heterocycles. The highest BCUT2D eigenvalue weighted by Crippen LogP contribution is 2.23. The van der Waals surface area contributed by atoms with Gasteiger partial charge in [0.05, 0.1) is 12.8 Å². The zero-order chi connectivity index (χ0) is 10.8. The van der Waals surface area contributed by atoms with E-state index in [-0.39, 0.29) is 0 Å². The maximum absolute atomic E-state index is 8.74. The number of benzene rings is 1. The molecule has 2 rings (SSSR count). The van der Waals surface area contributed by atoms with Gasteiger partial charge in [0.25, 0.3) is 0 Å². The molecule has 15 heavy (non-hydrogen) atoms. The molecule has 4 nitrogen and oxygen atoms in total. The van der Waals surface area contributed by atoms with E-state index in [1.165, 1.54) is 0 Å². The number of aromatic amines is 1. The topological polar surface area (TPSA) is 57.6 Å². The van der Waals surface area contributed by atoms with Crippen LogP contribution in [0.5, 0.6) is 5.75 Å². The van der Waals surface area contributed by atoms with Crippen LogP contribution >= 0.6 is 0 Å². The lowest BCUT2D eigenvalue weighted by molar-refractivity contribution is 0.319. The molecule has 0 spiro atoms. The molecule has 0 aliphatic rings. The number of H-pyrrole nitrogens is 1. The summed E-state index contributed by atoms with van der Waals surface area (Å²) in [6, 6.07) is 5.73. The van der Waals surface area contributed by atoms with Crippen LogP contribution in [-0.2, 0) is 0 Å². The third-order valence-electron chi connectivity index (χ3n) is 2.43. The first-order valence-corrected chi connectivity index (χ1v) is 4.60. The summed E-state index contributed by atoms with van der Waals surface area (Å²) < 4.78 is 5.14. The Kier molecular flexibility index (Phi) is 2.33. The first-order chi connectivity index (χ1) is 7.26. The number of fused-ring (bicyclic) bond motifs is 1. The van der Waals surface area contributed by atoms with Crippen molar-refractivity contribution in [1.29, 1.82) is 0 Å². The molecular formula is C11H12N2O2. The quantitative estimate of drug-likeness (QED) is 0.448. The normalized spacial score (nSPS) is 12.0. The second kappa shape index (κ2) is 3.65. The van der Waals surface area contributed by atoms with Crippen molar-refractivity contribution in [2.24, 2.45) is 5.16 Å². The van der Waals surface area contributed by atoms with E-state index in [9.17, 15) is 0 Å². The van der Waals surface area contributed by atoms with Crippen molar-refractivity contribution in [3.05, 3.63) is 30.0 Å². The smallest absolute Gasteiger partial charge is 0.119 e. The fraction of sp³-hybridized carbons (Fsp3) is 0.182. The highest BCUT2D eigenvalue weighted by atomic mass is 16.5. The van der Waals surface area contributed by atoms with Crippen LogP contribution in [0.4, 0.5) is 0 Å². The number of methoxy groups -OCH3 is 1. The number of nitrogens with one attached hydrogen (secondary N) is 1. The molecule has 4 heteroatoms. The van der Waals surface area contributed by atoms with E-state index in [0.717, 1.165) is 22.2 Å². The van der Waals surface area contributed by atoms with Crippen molar-refractivity contribution >= 4 is 16.6 Å². The van der Waals surface area contributed by atoms with Gasteiger partial charge in [-0.1, -0.05) is 5.16 Å². The molecule has 2 aromatic rings. The number of rotatable bonds is 2. The van der Waals surface area contributed by atoms with Gasteiger partial charge in [-0.2, -0.15) is 0 Å². The standard InChI is InChI=1S/C11H12N2O2/c1-7(13-14)10-6-12-11-4-3-8(15-2)5-9(10)11/h3-6,12,14H,1-2H3. The first kappa shape index (κ1) is 9.58. The maximum Gasteiger partial charge on any atom is 0.119 e. The minimum atomic E-state index is 0.578. The van der Waals surface area contributed by atoms with Crippen molar-refractivity contribution in [2.45, 2.75) is 6.92 Å². The number of hydrogen-bond donors (Lipinski definition) is 2. The van der Waals surface area contributed by atoms with Gasteiger partial charge in [0.15, 0.2) is 0 Å². The van der Waals surface area contributed by atoms with Gasteiger partial charge in [-0.05, 0) is 25.1 Å². The number of aromatic nitrogens is 1. The third-order valence-corrected chi connectivity index (χ3v) is 2.43. The van der Waals surface area contributed by atoms with E-state index < -0.39 is 0 Å². The minimum absolute atomic E-state index is 0.578. The van der Waals surface area contributed by atoms with Crippen molar-refractivity contribution in [3.8, 4) is 5.75 Å². The Morgan fingerprint density at radius 1 is 1.47 bits per heavy atom. The molecule has 1 heterocycles. The van der Waals surface area contributed by atoms with Gasteiger partial charge in [-0.15, -0.1) is 0 Å². The summed E-state index contributed by atoms with van der Waals surface area (Å²) >= 11 is 0. The van der Waals surface area contributed by atoms with Gasteiger partial charge in [-0.25, -0.2) is 0 Å². The molecule has 0 radical (unpaired) electrons. The van der Waals surface area contributed by atoms with Gasteiger partial charge in [0.2, 0.25) is 0 Å². The van der Waals surface area contributed by atoms with Crippen LogP contribution in [-0.4, -0.2) is 23.0 Å². The molecule has 78 valence electrons. The number of hydrogen-bond acceptors (Lipinski definition) is 3.